The number of benzene rings is 8. The van der Waals surface area contributed by atoms with Gasteiger partial charge in [-0.05, 0) is 224 Å². The minimum atomic E-state index is -0.101. The first-order valence-electron chi connectivity index (χ1n) is 25.0. The second-order valence-corrected chi connectivity index (χ2v) is 19.2. The van der Waals surface area contributed by atoms with Gasteiger partial charge in [-0.1, -0.05) is 72.8 Å². The molecule has 0 N–H and O–H groups in total. The molecule has 0 aliphatic carbocycles. The maximum absolute atomic E-state index is 6.41. The normalized spacial score (nSPS) is 12.8. The van der Waals surface area contributed by atoms with Crippen LogP contribution in [-0.2, 0) is 4.74 Å². The monoisotopic (exact) mass is 1110 g/mol. The van der Waals surface area contributed by atoms with E-state index in [1.165, 1.54) is 12.8 Å². The summed E-state index contributed by atoms with van der Waals surface area (Å²) in [5.74, 6) is 2.75. The third kappa shape index (κ3) is 11.6. The van der Waals surface area contributed by atoms with Crippen molar-refractivity contribution >= 4 is 34.8 Å². The summed E-state index contributed by atoms with van der Waals surface area (Å²) in [5.41, 5.74) is 10.8. The van der Waals surface area contributed by atoms with Crippen LogP contribution in [0.1, 0.15) is 12.8 Å². The van der Waals surface area contributed by atoms with Gasteiger partial charge in [-0.25, -0.2) is 0 Å². The Hall–Kier alpha value is -9.58. The van der Waals surface area contributed by atoms with E-state index >= 15 is 0 Å². The molecule has 3 aromatic heterocycles. The first kappa shape index (κ1) is 50.0. The SMILES string of the molecule is C1CCOC1.Clc1nc2nc(n1)Oc1ccc(cc1)-c1cc3cc(c1)-c1ccc(cc1)Oc1nc(Cl)nc(n1)Oc1ccc(cc1)-c1cc(cc(c1)-c1ccc(cc1)Oc1nc(Cl)nc(n1)Oc1ccc-3cc1)-c1ccc(cc1)O2. The van der Waals surface area contributed by atoms with Gasteiger partial charge in [0.05, 0.1) is 0 Å². The summed E-state index contributed by atoms with van der Waals surface area (Å²) >= 11 is 19.2. The van der Waals surface area contributed by atoms with Crippen LogP contribution in [0.2, 0.25) is 15.9 Å². The molecule has 11 aromatic rings. The Balaban J connectivity index is 0.00000115. The maximum atomic E-state index is 6.41. The number of halogens is 3. The van der Waals surface area contributed by atoms with Crippen LogP contribution < -0.4 is 28.4 Å². The van der Waals surface area contributed by atoms with E-state index in [0.717, 1.165) is 80.0 Å². The van der Waals surface area contributed by atoms with Gasteiger partial charge in [0.1, 0.15) is 34.5 Å². The maximum Gasteiger partial charge on any atom is 0.329 e. The molecule has 1 fully saturated rings. The van der Waals surface area contributed by atoms with Crippen LogP contribution in [0, 0.1) is 0 Å². The van der Waals surface area contributed by atoms with Crippen LogP contribution >= 0.6 is 34.8 Å². The van der Waals surface area contributed by atoms with Crippen molar-refractivity contribution in [3.05, 3.63) is 198 Å². The Kier molecular flexibility index (Phi) is 13.8. The molecule has 19 heteroatoms. The predicted octanol–water partition coefficient (Wildman–Crippen LogP) is 16.4. The highest BCUT2D eigenvalue weighted by atomic mass is 35.5. The molecule has 16 nitrogen and oxygen atoms in total. The van der Waals surface area contributed by atoms with Crippen LogP contribution in [0.3, 0.4) is 0 Å². The van der Waals surface area contributed by atoms with Gasteiger partial charge in [-0.15, -0.1) is 15.0 Å². The number of hydrogen-bond acceptors (Lipinski definition) is 16. The lowest BCUT2D eigenvalue weighted by molar-refractivity contribution is 0.198. The summed E-state index contributed by atoms with van der Waals surface area (Å²) in [6.45, 7) is 2.00. The quantitative estimate of drug-likeness (QED) is 0.140. The highest BCUT2D eigenvalue weighted by Crippen LogP contribution is 2.39. The molecule has 0 radical (unpaired) electrons. The molecule has 0 amide bonds. The van der Waals surface area contributed by atoms with Crippen LogP contribution in [0.25, 0.3) is 66.8 Å². The fourth-order valence-corrected chi connectivity index (χ4v) is 9.34. The zero-order valence-corrected chi connectivity index (χ0v) is 43.9. The van der Waals surface area contributed by atoms with E-state index in [4.69, 9.17) is 68.0 Å². The standard InChI is InChI=1S/C57H30Cl3N9O6.C4H8O/c58-49-61-52-67-53(62-49)71-46-19-7-34(8-20-46)40-28-41-30-42(29-40)36-11-23-48(24-12-36)75-57-66-51(60)64-55(69-57)73-45-17-5-33(6-18-45)39-26-37(31-1-13-43(70-52)14-2-31)25-38(27-39)32-3-15-44(16-4-32)72-54-63-50(59)65-56(68-54)74-47-21-9-35(41)10-22-47;1-2-4-5-3-1/h1-30H;1-4H2. The molecule has 80 heavy (non-hydrogen) atoms. The van der Waals surface area contributed by atoms with Gasteiger partial charge in [0.25, 0.3) is 0 Å². The van der Waals surface area contributed by atoms with Crippen molar-refractivity contribution in [3.63, 3.8) is 0 Å². The van der Waals surface area contributed by atoms with Crippen LogP contribution in [0.5, 0.6) is 70.6 Å². The Labute approximate surface area is 471 Å². The topological polar surface area (TPSA) is 181 Å². The highest BCUT2D eigenvalue weighted by Gasteiger charge is 2.17. The number of aromatic nitrogens is 9. The van der Waals surface area contributed by atoms with Crippen molar-refractivity contribution < 1.29 is 33.2 Å². The van der Waals surface area contributed by atoms with Gasteiger partial charge >= 0.3 is 36.1 Å². The zero-order chi connectivity index (χ0) is 53.9. The second kappa shape index (κ2) is 22.0. The Morgan fingerprint density at radius 1 is 0.225 bits per heavy atom. The van der Waals surface area contributed by atoms with Gasteiger partial charge < -0.3 is 33.2 Å². The van der Waals surface area contributed by atoms with Crippen molar-refractivity contribution in [2.75, 3.05) is 13.2 Å². The first-order valence-corrected chi connectivity index (χ1v) is 26.1. The fraction of sp³-hybridized carbons (Fsp3) is 0.0656. The van der Waals surface area contributed by atoms with Crippen molar-refractivity contribution in [3.8, 4) is 137 Å². The van der Waals surface area contributed by atoms with Crippen molar-refractivity contribution in [2.24, 2.45) is 0 Å². The van der Waals surface area contributed by atoms with Gasteiger partial charge in [0.2, 0.25) is 15.9 Å². The van der Waals surface area contributed by atoms with E-state index in [1.807, 2.05) is 146 Å². The minimum absolute atomic E-state index is 0.0444. The molecule has 24 bridgehead atoms. The van der Waals surface area contributed by atoms with Gasteiger partial charge in [0.15, 0.2) is 0 Å². The number of hydrogen-bond donors (Lipinski definition) is 0. The van der Waals surface area contributed by atoms with Crippen LogP contribution in [0.4, 0.5) is 0 Å². The van der Waals surface area contributed by atoms with Crippen LogP contribution in [-0.4, -0.2) is 58.1 Å². The lowest BCUT2D eigenvalue weighted by Crippen LogP contribution is -1.99. The van der Waals surface area contributed by atoms with E-state index in [1.54, 1.807) is 0 Å². The molecule has 0 spiro atoms. The second-order valence-electron chi connectivity index (χ2n) is 18.2. The molecule has 8 aromatic carbocycles. The van der Waals surface area contributed by atoms with E-state index < -0.39 is 0 Å². The lowest BCUT2D eigenvalue weighted by Gasteiger charge is -2.14. The van der Waals surface area contributed by atoms with Crippen molar-refractivity contribution in [1.82, 2.24) is 44.9 Å². The largest absolute Gasteiger partial charge is 0.424 e. The fourth-order valence-electron chi connectivity index (χ4n) is 8.91. The number of nitrogens with zero attached hydrogens (tertiary/aromatic N) is 9. The Morgan fingerprint density at radius 2 is 0.400 bits per heavy atom. The lowest BCUT2D eigenvalue weighted by atomic mass is 9.93. The summed E-state index contributed by atoms with van der Waals surface area (Å²) in [6.07, 6.45) is 2.56. The summed E-state index contributed by atoms with van der Waals surface area (Å²) in [6, 6.07) is 57.4. The first-order chi connectivity index (χ1) is 39.2. The predicted molar refractivity (Wildman–Crippen MR) is 301 cm³/mol. The van der Waals surface area contributed by atoms with Crippen LogP contribution in [0.15, 0.2) is 182 Å². The van der Waals surface area contributed by atoms with E-state index in [0.29, 0.717) is 34.5 Å². The summed E-state index contributed by atoms with van der Waals surface area (Å²) in [4.78, 5) is 38.6. The van der Waals surface area contributed by atoms with Gasteiger partial charge in [-0.3, -0.25) is 0 Å². The summed E-state index contributed by atoms with van der Waals surface area (Å²) < 4.78 is 41.7. The molecule has 390 valence electrons. The van der Waals surface area contributed by atoms with Gasteiger partial charge in [-0.2, -0.15) is 29.9 Å². The zero-order valence-electron chi connectivity index (χ0n) is 41.7. The smallest absolute Gasteiger partial charge is 0.329 e. The molecule has 0 atom stereocenters. The summed E-state index contributed by atoms with van der Waals surface area (Å²) in [7, 11) is 0. The van der Waals surface area contributed by atoms with Crippen molar-refractivity contribution in [2.45, 2.75) is 12.8 Å². The van der Waals surface area contributed by atoms with E-state index in [9.17, 15) is 0 Å². The average molecular weight is 1120 g/mol. The summed E-state index contributed by atoms with van der Waals surface area (Å²) in [5, 5.41) is -0.302. The Morgan fingerprint density at radius 3 is 0.550 bits per heavy atom. The molecule has 33 rings (SSSR count). The third-order valence-electron chi connectivity index (χ3n) is 12.8. The average Bonchev–Trinajstić information content (AvgIpc) is 4.08. The van der Waals surface area contributed by atoms with E-state index in [2.05, 4.69) is 81.3 Å². The molecule has 22 aliphatic heterocycles. The molecule has 22 aliphatic rings. The van der Waals surface area contributed by atoms with E-state index in [-0.39, 0.29) is 51.9 Å². The molecule has 25 heterocycles. The highest BCUT2D eigenvalue weighted by molar-refractivity contribution is 6.28. The third-order valence-corrected chi connectivity index (χ3v) is 13.3. The molecule has 1 saturated heterocycles. The minimum Gasteiger partial charge on any atom is -0.424 e. The number of ether oxygens (including phenoxy) is 7. The number of rotatable bonds is 0. The van der Waals surface area contributed by atoms with Gasteiger partial charge in [0, 0.05) is 13.2 Å². The van der Waals surface area contributed by atoms with Crippen molar-refractivity contribution in [1.29, 1.82) is 0 Å². The molecular formula is C61H38Cl3N9O7. The molecule has 0 unspecified atom stereocenters. The molecule has 0 saturated carbocycles. The Bertz CT molecular complexity index is 3380. The molecular weight excluding hydrogens is 1080 g/mol.